The molecule has 2 saturated heterocycles. The van der Waals surface area contributed by atoms with E-state index in [-0.39, 0.29) is 12.5 Å². The van der Waals surface area contributed by atoms with Crippen LogP contribution < -0.4 is 0 Å². The molecule has 1 amide bonds. The van der Waals surface area contributed by atoms with Crippen molar-refractivity contribution in [2.75, 3.05) is 32.7 Å². The third-order valence-electron chi connectivity index (χ3n) is 5.19. The smallest absolute Gasteiger partial charge is 0.282 e. The minimum absolute atomic E-state index is 0.0617. The molecule has 144 valence electrons. The van der Waals surface area contributed by atoms with Gasteiger partial charge in [0.1, 0.15) is 0 Å². The number of carbonyl (C=O) groups excluding carboxylic acids is 1. The molecule has 0 unspecified atom stereocenters. The first-order chi connectivity index (χ1) is 12.4. The summed E-state index contributed by atoms with van der Waals surface area (Å²) in [5.74, 6) is 0.543. The van der Waals surface area contributed by atoms with Gasteiger partial charge in [0.15, 0.2) is 0 Å². The van der Waals surface area contributed by atoms with E-state index in [1.54, 1.807) is 17.0 Å². The van der Waals surface area contributed by atoms with E-state index in [1.165, 1.54) is 8.61 Å². The first-order valence-corrected chi connectivity index (χ1v) is 10.9. The van der Waals surface area contributed by atoms with Gasteiger partial charge in [0, 0.05) is 37.7 Å². The van der Waals surface area contributed by atoms with Gasteiger partial charge in [0.05, 0.1) is 6.54 Å². The van der Waals surface area contributed by atoms with Gasteiger partial charge in [-0.05, 0) is 42.9 Å². The largest absolute Gasteiger partial charge is 0.342 e. The zero-order chi connectivity index (χ0) is 18.7. The topological polar surface area (TPSA) is 60.9 Å². The summed E-state index contributed by atoms with van der Waals surface area (Å²) < 4.78 is 28.6. The Bertz CT molecular complexity index is 731. The number of rotatable bonds is 4. The van der Waals surface area contributed by atoms with Crippen LogP contribution in [0.15, 0.2) is 24.3 Å². The molecule has 26 heavy (non-hydrogen) atoms. The van der Waals surface area contributed by atoms with Crippen LogP contribution in [0.4, 0.5) is 0 Å². The standard InChI is InChI=1S/C18H26ClN3O3S/c1-15-7-11-20(12-8-15)18(23)14-22-10-2-9-21(26(22,24)25)13-16-3-5-17(19)6-4-16/h3-6,15H,2,7-14H2,1H3. The Morgan fingerprint density at radius 3 is 2.35 bits per heavy atom. The van der Waals surface area contributed by atoms with Gasteiger partial charge < -0.3 is 4.90 Å². The molecular weight excluding hydrogens is 374 g/mol. The fourth-order valence-corrected chi connectivity index (χ4v) is 5.20. The van der Waals surface area contributed by atoms with Crippen molar-refractivity contribution >= 4 is 27.7 Å². The molecular formula is C18H26ClN3O3S. The highest BCUT2D eigenvalue weighted by molar-refractivity contribution is 7.86. The maximum atomic E-state index is 12.9. The monoisotopic (exact) mass is 399 g/mol. The van der Waals surface area contributed by atoms with Crippen molar-refractivity contribution in [3.63, 3.8) is 0 Å². The highest BCUT2D eigenvalue weighted by Crippen LogP contribution is 2.21. The molecule has 0 bridgehead atoms. The molecule has 6 nitrogen and oxygen atoms in total. The molecule has 1 aromatic rings. The van der Waals surface area contributed by atoms with Crippen LogP contribution in [0.2, 0.25) is 5.02 Å². The van der Waals surface area contributed by atoms with E-state index in [4.69, 9.17) is 11.6 Å². The number of benzene rings is 1. The van der Waals surface area contributed by atoms with Crippen molar-refractivity contribution in [2.24, 2.45) is 5.92 Å². The second-order valence-electron chi connectivity index (χ2n) is 7.22. The predicted molar refractivity (Wildman–Crippen MR) is 102 cm³/mol. The molecule has 1 aromatic carbocycles. The number of hydrogen-bond acceptors (Lipinski definition) is 3. The maximum absolute atomic E-state index is 12.9. The number of likely N-dealkylation sites (tertiary alicyclic amines) is 1. The lowest BCUT2D eigenvalue weighted by Gasteiger charge is -2.36. The minimum atomic E-state index is -3.63. The van der Waals surface area contributed by atoms with Crippen molar-refractivity contribution in [1.29, 1.82) is 0 Å². The number of halogens is 1. The van der Waals surface area contributed by atoms with E-state index in [1.807, 2.05) is 12.1 Å². The van der Waals surface area contributed by atoms with Crippen molar-refractivity contribution in [3.05, 3.63) is 34.9 Å². The number of amides is 1. The van der Waals surface area contributed by atoms with Crippen LogP contribution in [-0.4, -0.2) is 60.6 Å². The number of hydrogen-bond donors (Lipinski definition) is 0. The molecule has 8 heteroatoms. The van der Waals surface area contributed by atoms with Crippen molar-refractivity contribution < 1.29 is 13.2 Å². The molecule has 0 N–H and O–H groups in total. The molecule has 2 aliphatic rings. The van der Waals surface area contributed by atoms with Crippen molar-refractivity contribution in [3.8, 4) is 0 Å². The van der Waals surface area contributed by atoms with Crippen LogP contribution >= 0.6 is 11.6 Å². The molecule has 3 rings (SSSR count). The van der Waals surface area contributed by atoms with E-state index >= 15 is 0 Å². The van der Waals surface area contributed by atoms with E-state index in [0.29, 0.717) is 30.6 Å². The average Bonchev–Trinajstić information content (AvgIpc) is 2.61. The van der Waals surface area contributed by atoms with Crippen molar-refractivity contribution in [1.82, 2.24) is 13.5 Å². The van der Waals surface area contributed by atoms with Crippen LogP contribution in [0.3, 0.4) is 0 Å². The first kappa shape index (κ1) is 19.6. The molecule has 0 atom stereocenters. The van der Waals surface area contributed by atoms with Crippen LogP contribution in [0.5, 0.6) is 0 Å². The van der Waals surface area contributed by atoms with Gasteiger partial charge in [-0.25, -0.2) is 0 Å². The van der Waals surface area contributed by atoms with Crippen LogP contribution in [0.1, 0.15) is 31.7 Å². The van der Waals surface area contributed by atoms with E-state index < -0.39 is 10.2 Å². The van der Waals surface area contributed by atoms with E-state index in [0.717, 1.165) is 37.9 Å². The third kappa shape index (κ3) is 4.57. The Hall–Kier alpha value is -1.15. The summed E-state index contributed by atoms with van der Waals surface area (Å²) in [5.41, 5.74) is 0.885. The third-order valence-corrected chi connectivity index (χ3v) is 7.37. The average molecular weight is 400 g/mol. The summed E-state index contributed by atoms with van der Waals surface area (Å²) in [4.78, 5) is 14.3. The lowest BCUT2D eigenvalue weighted by atomic mass is 9.99. The fraction of sp³-hybridized carbons (Fsp3) is 0.611. The van der Waals surface area contributed by atoms with Crippen molar-refractivity contribution in [2.45, 2.75) is 32.7 Å². The molecule has 0 spiro atoms. The highest BCUT2D eigenvalue weighted by atomic mass is 35.5. The SMILES string of the molecule is CC1CCN(C(=O)CN2CCCN(Cc3ccc(Cl)cc3)S2(=O)=O)CC1. The van der Waals surface area contributed by atoms with Crippen LogP contribution in [-0.2, 0) is 21.5 Å². The summed E-state index contributed by atoms with van der Waals surface area (Å²) in [5, 5.41) is 0.623. The predicted octanol–water partition coefficient (Wildman–Crippen LogP) is 2.35. The second kappa shape index (κ2) is 8.25. The normalized spacial score (nSPS) is 22.5. The first-order valence-electron chi connectivity index (χ1n) is 9.13. The zero-order valence-electron chi connectivity index (χ0n) is 15.1. The summed E-state index contributed by atoms with van der Waals surface area (Å²) in [6.45, 7) is 4.74. The number of nitrogens with zero attached hydrogens (tertiary/aromatic N) is 3. The van der Waals surface area contributed by atoms with Crippen LogP contribution in [0, 0.1) is 5.92 Å². The highest BCUT2D eigenvalue weighted by Gasteiger charge is 2.35. The Morgan fingerprint density at radius 2 is 1.69 bits per heavy atom. The van der Waals surface area contributed by atoms with E-state index in [2.05, 4.69) is 6.92 Å². The molecule has 0 radical (unpaired) electrons. The summed E-state index contributed by atoms with van der Waals surface area (Å²) >= 11 is 5.89. The quantitative estimate of drug-likeness (QED) is 0.780. The Morgan fingerprint density at radius 1 is 1.08 bits per heavy atom. The summed E-state index contributed by atoms with van der Waals surface area (Å²) in [7, 11) is -3.63. The van der Waals surface area contributed by atoms with Gasteiger partial charge in [-0.3, -0.25) is 4.79 Å². The van der Waals surface area contributed by atoms with Gasteiger partial charge in [0.2, 0.25) is 5.91 Å². The molecule has 2 fully saturated rings. The summed E-state index contributed by atoms with van der Waals surface area (Å²) in [6, 6.07) is 7.17. The second-order valence-corrected chi connectivity index (χ2v) is 9.58. The summed E-state index contributed by atoms with van der Waals surface area (Å²) in [6.07, 6.45) is 2.69. The molecule has 0 aromatic heterocycles. The van der Waals surface area contributed by atoms with Gasteiger partial charge in [-0.2, -0.15) is 17.0 Å². The van der Waals surface area contributed by atoms with E-state index in [9.17, 15) is 13.2 Å². The zero-order valence-corrected chi connectivity index (χ0v) is 16.7. The van der Waals surface area contributed by atoms with Gasteiger partial charge in [-0.1, -0.05) is 30.7 Å². The molecule has 0 aliphatic carbocycles. The van der Waals surface area contributed by atoms with Gasteiger partial charge in [0.25, 0.3) is 10.2 Å². The Labute approximate surface area is 160 Å². The minimum Gasteiger partial charge on any atom is -0.342 e. The lowest BCUT2D eigenvalue weighted by Crippen LogP contribution is -2.53. The van der Waals surface area contributed by atoms with Gasteiger partial charge >= 0.3 is 0 Å². The fourth-order valence-electron chi connectivity index (χ4n) is 3.44. The Balaban J connectivity index is 1.64. The number of carbonyl (C=O) groups is 1. The molecule has 0 saturated carbocycles. The Kier molecular flexibility index (Phi) is 6.22. The molecule has 2 heterocycles. The lowest BCUT2D eigenvalue weighted by molar-refractivity contribution is -0.132. The van der Waals surface area contributed by atoms with Gasteiger partial charge in [-0.15, -0.1) is 0 Å². The maximum Gasteiger partial charge on any atom is 0.282 e. The number of piperidine rings is 1. The van der Waals surface area contributed by atoms with Crippen LogP contribution in [0.25, 0.3) is 0 Å². The molecule has 2 aliphatic heterocycles.